The van der Waals surface area contributed by atoms with E-state index in [2.05, 4.69) is 15.0 Å². The van der Waals surface area contributed by atoms with Gasteiger partial charge in [-0.2, -0.15) is 13.2 Å². The largest absolute Gasteiger partial charge is 0.411 e. The fraction of sp³-hybridized carbons (Fsp3) is 0.400. The SMILES string of the molecule is NC(=O)c1cc(NCCOCC(F)(F)F)ncc1N. The summed E-state index contributed by atoms with van der Waals surface area (Å²) in [6.45, 7) is -1.36. The predicted octanol–water partition coefficient (Wildman–Crippen LogP) is 0.753. The van der Waals surface area contributed by atoms with Crippen molar-refractivity contribution in [3.05, 3.63) is 17.8 Å². The van der Waals surface area contributed by atoms with Crippen LogP contribution in [0.2, 0.25) is 0 Å². The third kappa shape index (κ3) is 5.42. The zero-order valence-electron chi connectivity index (χ0n) is 9.83. The minimum Gasteiger partial charge on any atom is -0.397 e. The van der Waals surface area contributed by atoms with Gasteiger partial charge in [0.25, 0.3) is 5.91 Å². The van der Waals surface area contributed by atoms with Crippen molar-refractivity contribution in [3.63, 3.8) is 0 Å². The molecular formula is C10H13F3N4O2. The molecule has 5 N–H and O–H groups in total. The minimum absolute atomic E-state index is 0.0914. The molecule has 9 heteroatoms. The Hall–Kier alpha value is -2.03. The van der Waals surface area contributed by atoms with Crippen LogP contribution in [-0.2, 0) is 4.74 Å². The fourth-order valence-corrected chi connectivity index (χ4v) is 1.22. The number of hydrogen-bond donors (Lipinski definition) is 3. The Labute approximate surface area is 106 Å². The molecule has 0 saturated carbocycles. The Morgan fingerprint density at radius 2 is 2.16 bits per heavy atom. The van der Waals surface area contributed by atoms with E-state index in [4.69, 9.17) is 11.5 Å². The van der Waals surface area contributed by atoms with Gasteiger partial charge in [0, 0.05) is 6.54 Å². The fourth-order valence-electron chi connectivity index (χ4n) is 1.22. The van der Waals surface area contributed by atoms with Crippen LogP contribution in [0.25, 0.3) is 0 Å². The number of nitrogens with two attached hydrogens (primary N) is 2. The van der Waals surface area contributed by atoms with Gasteiger partial charge < -0.3 is 21.5 Å². The van der Waals surface area contributed by atoms with Crippen molar-refractivity contribution in [3.8, 4) is 0 Å². The maximum atomic E-state index is 11.8. The second-order valence-corrected chi connectivity index (χ2v) is 3.62. The molecule has 0 radical (unpaired) electrons. The van der Waals surface area contributed by atoms with E-state index in [1.165, 1.54) is 12.3 Å². The maximum Gasteiger partial charge on any atom is 0.411 e. The van der Waals surface area contributed by atoms with Crippen LogP contribution < -0.4 is 16.8 Å². The van der Waals surface area contributed by atoms with E-state index in [-0.39, 0.29) is 30.2 Å². The number of amides is 1. The highest BCUT2D eigenvalue weighted by atomic mass is 19.4. The Bertz CT molecular complexity index is 451. The van der Waals surface area contributed by atoms with Crippen LogP contribution in [0, 0.1) is 0 Å². The van der Waals surface area contributed by atoms with Gasteiger partial charge in [0.15, 0.2) is 0 Å². The number of primary amides is 1. The van der Waals surface area contributed by atoms with Gasteiger partial charge in [0.2, 0.25) is 0 Å². The second kappa shape index (κ2) is 6.23. The summed E-state index contributed by atoms with van der Waals surface area (Å²) in [6.07, 6.45) is -3.11. The molecule has 106 valence electrons. The van der Waals surface area contributed by atoms with Gasteiger partial charge in [-0.05, 0) is 6.07 Å². The standard InChI is InChI=1S/C10H13F3N4O2/c11-10(12,13)5-19-2-1-16-8-3-6(9(15)18)7(14)4-17-8/h3-4H,1-2,5,14H2,(H2,15,18)(H,16,17). The van der Waals surface area contributed by atoms with Crippen molar-refractivity contribution in [2.24, 2.45) is 5.73 Å². The van der Waals surface area contributed by atoms with E-state index in [1.807, 2.05) is 0 Å². The first-order valence-electron chi connectivity index (χ1n) is 5.23. The summed E-state index contributed by atoms with van der Waals surface area (Å²) in [5.74, 6) is -0.435. The molecule has 6 nitrogen and oxygen atoms in total. The van der Waals surface area contributed by atoms with Gasteiger partial charge >= 0.3 is 6.18 Å². The Balaban J connectivity index is 2.42. The molecule has 1 rings (SSSR count). The lowest BCUT2D eigenvalue weighted by atomic mass is 10.2. The first-order valence-corrected chi connectivity index (χ1v) is 5.23. The van der Waals surface area contributed by atoms with Gasteiger partial charge in [-0.25, -0.2) is 4.98 Å². The van der Waals surface area contributed by atoms with Gasteiger partial charge in [0.05, 0.1) is 24.1 Å². The number of aromatic nitrogens is 1. The summed E-state index contributed by atoms with van der Waals surface area (Å²) in [5, 5.41) is 2.69. The number of carbonyl (C=O) groups is 1. The quantitative estimate of drug-likeness (QED) is 0.666. The third-order valence-electron chi connectivity index (χ3n) is 2.02. The summed E-state index contributed by atoms with van der Waals surface area (Å²) in [4.78, 5) is 14.8. The molecule has 1 heterocycles. The monoisotopic (exact) mass is 278 g/mol. The first-order chi connectivity index (χ1) is 8.79. The lowest BCUT2D eigenvalue weighted by Gasteiger charge is -2.09. The Morgan fingerprint density at radius 1 is 1.47 bits per heavy atom. The molecule has 1 amide bonds. The molecule has 19 heavy (non-hydrogen) atoms. The molecule has 0 atom stereocenters. The van der Waals surface area contributed by atoms with Gasteiger partial charge in [-0.1, -0.05) is 0 Å². The number of pyridine rings is 1. The van der Waals surface area contributed by atoms with Crippen LogP contribution in [0.4, 0.5) is 24.7 Å². The number of alkyl halides is 3. The molecule has 0 fully saturated rings. The molecule has 0 bridgehead atoms. The third-order valence-corrected chi connectivity index (χ3v) is 2.02. The number of nitrogen functional groups attached to an aromatic ring is 1. The van der Waals surface area contributed by atoms with Crippen LogP contribution in [0.5, 0.6) is 0 Å². The van der Waals surface area contributed by atoms with Gasteiger partial charge in [-0.3, -0.25) is 4.79 Å². The lowest BCUT2D eigenvalue weighted by Crippen LogP contribution is -2.20. The summed E-state index contributed by atoms with van der Waals surface area (Å²) in [6, 6.07) is 1.32. The molecule has 0 unspecified atom stereocenters. The van der Waals surface area contributed by atoms with Gasteiger partial charge in [0.1, 0.15) is 12.4 Å². The molecular weight excluding hydrogens is 265 g/mol. The lowest BCUT2D eigenvalue weighted by molar-refractivity contribution is -0.172. The van der Waals surface area contributed by atoms with Crippen molar-refractivity contribution in [2.45, 2.75) is 6.18 Å². The number of rotatable bonds is 6. The van der Waals surface area contributed by atoms with Crippen LogP contribution in [0.15, 0.2) is 12.3 Å². The number of nitrogens with zero attached hydrogens (tertiary/aromatic N) is 1. The highest BCUT2D eigenvalue weighted by molar-refractivity contribution is 5.98. The topological polar surface area (TPSA) is 103 Å². The average Bonchev–Trinajstić information content (AvgIpc) is 2.29. The zero-order valence-corrected chi connectivity index (χ0v) is 9.83. The average molecular weight is 278 g/mol. The normalized spacial score (nSPS) is 11.3. The number of halogens is 3. The smallest absolute Gasteiger partial charge is 0.397 e. The molecule has 1 aromatic rings. The minimum atomic E-state index is -4.35. The molecule has 0 aliphatic carbocycles. The number of carbonyl (C=O) groups excluding carboxylic acids is 1. The predicted molar refractivity (Wildman–Crippen MR) is 62.5 cm³/mol. The highest BCUT2D eigenvalue weighted by Gasteiger charge is 2.27. The van der Waals surface area contributed by atoms with Gasteiger partial charge in [-0.15, -0.1) is 0 Å². The van der Waals surface area contributed by atoms with Crippen LogP contribution in [0.3, 0.4) is 0 Å². The van der Waals surface area contributed by atoms with E-state index in [0.717, 1.165) is 0 Å². The van der Waals surface area contributed by atoms with E-state index >= 15 is 0 Å². The van der Waals surface area contributed by atoms with Crippen molar-refractivity contribution in [2.75, 3.05) is 30.8 Å². The van der Waals surface area contributed by atoms with Crippen molar-refractivity contribution in [1.29, 1.82) is 0 Å². The summed E-state index contributed by atoms with van der Waals surface area (Å²) in [5.41, 5.74) is 10.8. The van der Waals surface area contributed by atoms with Crippen LogP contribution in [-0.4, -0.2) is 36.8 Å². The van der Waals surface area contributed by atoms with Crippen molar-refractivity contribution in [1.82, 2.24) is 4.98 Å². The molecule has 0 spiro atoms. The van der Waals surface area contributed by atoms with E-state index in [9.17, 15) is 18.0 Å². The van der Waals surface area contributed by atoms with Crippen LogP contribution in [0.1, 0.15) is 10.4 Å². The number of ether oxygens (including phenoxy) is 1. The zero-order chi connectivity index (χ0) is 14.5. The second-order valence-electron chi connectivity index (χ2n) is 3.62. The number of hydrogen-bond acceptors (Lipinski definition) is 5. The summed E-state index contributed by atoms with van der Waals surface area (Å²) in [7, 11) is 0. The number of anilines is 2. The van der Waals surface area contributed by atoms with E-state index in [0.29, 0.717) is 0 Å². The first kappa shape index (κ1) is 15.0. The maximum absolute atomic E-state index is 11.8. The Kier molecular flexibility index (Phi) is 4.93. The van der Waals surface area contributed by atoms with E-state index in [1.54, 1.807) is 0 Å². The molecule has 0 saturated heterocycles. The summed E-state index contributed by atoms with van der Waals surface area (Å²) < 4.78 is 39.7. The number of nitrogens with one attached hydrogen (secondary N) is 1. The van der Waals surface area contributed by atoms with Crippen LogP contribution >= 0.6 is 0 Å². The van der Waals surface area contributed by atoms with E-state index < -0.39 is 18.7 Å². The highest BCUT2D eigenvalue weighted by Crippen LogP contribution is 2.15. The molecule has 0 aliphatic rings. The summed E-state index contributed by atoms with van der Waals surface area (Å²) >= 11 is 0. The molecule has 1 aromatic heterocycles. The molecule has 0 aliphatic heterocycles. The Morgan fingerprint density at radius 3 is 2.74 bits per heavy atom. The van der Waals surface area contributed by atoms with Crippen molar-refractivity contribution >= 4 is 17.4 Å². The molecule has 0 aromatic carbocycles. The van der Waals surface area contributed by atoms with Crippen molar-refractivity contribution < 1.29 is 22.7 Å².